The van der Waals surface area contributed by atoms with E-state index in [4.69, 9.17) is 0 Å². The molecule has 0 aromatic carbocycles. The van der Waals surface area contributed by atoms with Crippen LogP contribution in [0, 0.1) is 59.4 Å². The van der Waals surface area contributed by atoms with Crippen molar-refractivity contribution in [1.82, 2.24) is 0 Å². The molecule has 0 saturated heterocycles. The van der Waals surface area contributed by atoms with Crippen LogP contribution in [0.3, 0.4) is 0 Å². The average molecular weight is 384 g/mol. The Hall–Kier alpha value is 2.70. The predicted octanol–water partition coefficient (Wildman–Crippen LogP) is 0.294. The minimum atomic E-state index is 0. The zero-order chi connectivity index (χ0) is 0. The predicted molar refractivity (Wildman–Crippen MR) is 65.8 cm³/mol. The molecule has 0 amide bonds. The smallest absolute Gasteiger partial charge is 0.412 e. The van der Waals surface area contributed by atoms with E-state index in [9.17, 15) is 0 Å². The van der Waals surface area contributed by atoms with Crippen LogP contribution >= 0.6 is 0 Å². The van der Waals surface area contributed by atoms with Gasteiger partial charge in [-0.3, -0.25) is 0 Å². The fraction of sp³-hybridized carbons (Fsp3) is 0. The second-order valence-electron chi connectivity index (χ2n) is 0. The summed E-state index contributed by atoms with van der Waals surface area (Å²) in [7, 11) is 0. The molecule has 0 aromatic rings. The van der Waals surface area contributed by atoms with Crippen molar-refractivity contribution in [2.75, 3.05) is 0 Å². The van der Waals surface area contributed by atoms with Gasteiger partial charge >= 0.3 is 86.9 Å². The van der Waals surface area contributed by atoms with Gasteiger partial charge in [-0.25, -0.2) is 0 Å². The van der Waals surface area contributed by atoms with Gasteiger partial charge in [0.25, 0.3) is 0 Å². The molecule has 0 aliphatic heterocycles. The van der Waals surface area contributed by atoms with Crippen molar-refractivity contribution in [3.63, 3.8) is 0 Å². The van der Waals surface area contributed by atoms with Crippen molar-refractivity contribution in [2.24, 2.45) is 0 Å². The first-order valence-corrected chi connectivity index (χ1v) is 0. The van der Waals surface area contributed by atoms with Crippen molar-refractivity contribution in [1.29, 1.82) is 0 Å². The normalized spacial score (nSPS) is 0. The van der Waals surface area contributed by atoms with Crippen molar-refractivity contribution in [3.05, 3.63) is 59.4 Å². The van der Waals surface area contributed by atoms with Crippen LogP contribution in [0.25, 0.3) is 0 Å². The van der Waals surface area contributed by atoms with Crippen LogP contribution in [-0.4, -0.2) is 21.9 Å². The monoisotopic (exact) mass is 384 g/mol. The largest absolute Gasteiger partial charge is 2.00 e. The summed E-state index contributed by atoms with van der Waals surface area (Å²) in [5.74, 6) is 0. The van der Waals surface area contributed by atoms with Crippen LogP contribution < -0.4 is 0 Å². The van der Waals surface area contributed by atoms with Gasteiger partial charge in [0.05, 0.1) is 0 Å². The van der Waals surface area contributed by atoms with Crippen LogP contribution in [0.4, 0.5) is 0 Å². The van der Waals surface area contributed by atoms with E-state index < -0.39 is 0 Å². The molecule has 0 radical (unpaired) electrons. The minimum Gasteiger partial charge on any atom is -0.412 e. The standard InChI is InChI=1S/8CH3.4H2O.4Ti/h8*1H3;4*1H2;;;;/q8*-1;;;;;4*+2. The van der Waals surface area contributed by atoms with Gasteiger partial charge in [0.2, 0.25) is 0 Å². The third-order valence-corrected chi connectivity index (χ3v) is 0. The Morgan fingerprint density at radius 2 is 0.188 bits per heavy atom. The maximum atomic E-state index is 0. The Morgan fingerprint density at radius 1 is 0.188 bits per heavy atom. The Balaban J connectivity index is 0. The van der Waals surface area contributed by atoms with Gasteiger partial charge in [-0.1, -0.05) is 0 Å². The van der Waals surface area contributed by atoms with Crippen molar-refractivity contribution >= 4 is 0 Å². The fourth-order valence-electron chi connectivity index (χ4n) is 0. The summed E-state index contributed by atoms with van der Waals surface area (Å²) in [6, 6.07) is 0. The Labute approximate surface area is 166 Å². The van der Waals surface area contributed by atoms with Gasteiger partial charge in [-0.15, -0.1) is 0 Å². The van der Waals surface area contributed by atoms with E-state index in [2.05, 4.69) is 0 Å². The fourth-order valence-corrected chi connectivity index (χ4v) is 0. The second kappa shape index (κ2) is 678. The summed E-state index contributed by atoms with van der Waals surface area (Å²) in [4.78, 5) is 0. The molecular formula is C8H32O4Ti4. The van der Waals surface area contributed by atoms with Crippen LogP contribution in [0.15, 0.2) is 0 Å². The first kappa shape index (κ1) is 805. The van der Waals surface area contributed by atoms with E-state index in [1.807, 2.05) is 0 Å². The van der Waals surface area contributed by atoms with Gasteiger partial charge in [0, 0.05) is 0 Å². The number of hydrogen-bond donors (Lipinski definition) is 0. The molecule has 0 saturated carbocycles. The first-order valence-electron chi connectivity index (χ1n) is 0. The molecule has 8 heteroatoms. The number of hydrogen-bond acceptors (Lipinski definition) is 0. The molecule has 0 unspecified atom stereocenters. The van der Waals surface area contributed by atoms with Gasteiger partial charge in [-0.2, -0.15) is 0 Å². The van der Waals surface area contributed by atoms with Crippen molar-refractivity contribution in [2.45, 2.75) is 0 Å². The molecule has 0 aromatic heterocycles. The molecule has 0 heterocycles. The minimum absolute atomic E-state index is 0. The zero-order valence-corrected chi connectivity index (χ0v) is 18.2. The maximum Gasteiger partial charge on any atom is 2.00 e. The molecule has 0 spiro atoms. The topological polar surface area (TPSA) is 126 Å². The first-order chi connectivity index (χ1) is 0. The summed E-state index contributed by atoms with van der Waals surface area (Å²) in [5, 5.41) is 0. The van der Waals surface area contributed by atoms with Gasteiger partial charge in [0.15, 0.2) is 0 Å². The van der Waals surface area contributed by atoms with E-state index in [1.54, 1.807) is 0 Å². The van der Waals surface area contributed by atoms with E-state index in [0.29, 0.717) is 0 Å². The molecule has 0 fully saturated rings. The summed E-state index contributed by atoms with van der Waals surface area (Å²) in [5.41, 5.74) is 0. The molecule has 8 N–H and O–H groups in total. The zero-order valence-electron chi connectivity index (χ0n) is 12.0. The Bertz CT molecular complexity index is 24.0. The summed E-state index contributed by atoms with van der Waals surface area (Å²) < 4.78 is 0. The molecule has 4 nitrogen and oxygen atoms in total. The second-order valence-corrected chi connectivity index (χ2v) is 0. The van der Waals surface area contributed by atoms with E-state index in [1.165, 1.54) is 0 Å². The molecule has 0 aliphatic rings. The van der Waals surface area contributed by atoms with Gasteiger partial charge in [-0.05, 0) is 0 Å². The van der Waals surface area contributed by atoms with Crippen molar-refractivity contribution < 1.29 is 109 Å². The third-order valence-electron chi connectivity index (χ3n) is 0. The SMILES string of the molecule is O.O.O.O.[CH3-].[CH3-].[CH3-].[CH3-].[CH3-].[CH3-].[CH3-].[CH3-].[Ti+2].[Ti+2].[Ti+2].[Ti+2]. The average Bonchev–Trinajstić information content (AvgIpc) is 0. The maximum absolute atomic E-state index is 0. The van der Waals surface area contributed by atoms with Crippen molar-refractivity contribution in [3.8, 4) is 0 Å². The quantitative estimate of drug-likeness (QED) is 0.421. The Kier molecular flexibility index (Phi) is 34100. The van der Waals surface area contributed by atoms with Gasteiger partial charge in [0.1, 0.15) is 0 Å². The molecule has 104 valence electrons. The summed E-state index contributed by atoms with van der Waals surface area (Å²) >= 11 is 0. The molecule has 16 heavy (non-hydrogen) atoms. The molecular weight excluding hydrogens is 352 g/mol. The molecule has 0 rings (SSSR count). The molecule has 0 bridgehead atoms. The molecule has 0 atom stereocenters. The van der Waals surface area contributed by atoms with Gasteiger partial charge < -0.3 is 81.3 Å². The van der Waals surface area contributed by atoms with E-state index >= 15 is 0 Å². The van der Waals surface area contributed by atoms with Crippen LogP contribution in [0.1, 0.15) is 0 Å². The van der Waals surface area contributed by atoms with Crippen LogP contribution in [-0.2, 0) is 86.9 Å². The Morgan fingerprint density at radius 3 is 0.188 bits per heavy atom. The molecule has 0 aliphatic carbocycles. The van der Waals surface area contributed by atoms with E-state index in [0.717, 1.165) is 0 Å². The third kappa shape index (κ3) is 566. The number of rotatable bonds is 0. The van der Waals surface area contributed by atoms with E-state index in [-0.39, 0.29) is 168 Å². The summed E-state index contributed by atoms with van der Waals surface area (Å²) in [6.45, 7) is 0. The van der Waals surface area contributed by atoms with Crippen LogP contribution in [0.5, 0.6) is 0 Å². The van der Waals surface area contributed by atoms with Crippen LogP contribution in [0.2, 0.25) is 0 Å². The summed E-state index contributed by atoms with van der Waals surface area (Å²) in [6.07, 6.45) is 0.